The predicted molar refractivity (Wildman–Crippen MR) is 63.2 cm³/mol. The van der Waals surface area contributed by atoms with E-state index in [4.69, 9.17) is 11.6 Å². The molecule has 0 radical (unpaired) electrons. The van der Waals surface area contributed by atoms with Gasteiger partial charge in [-0.3, -0.25) is 0 Å². The van der Waals surface area contributed by atoms with Crippen LogP contribution in [0, 0.1) is 0 Å². The van der Waals surface area contributed by atoms with E-state index in [-0.39, 0.29) is 0 Å². The molecule has 13 heavy (non-hydrogen) atoms. The van der Waals surface area contributed by atoms with Gasteiger partial charge in [0.25, 0.3) is 0 Å². The van der Waals surface area contributed by atoms with Gasteiger partial charge in [-0.2, -0.15) is 0 Å². The van der Waals surface area contributed by atoms with Crippen molar-refractivity contribution in [2.75, 3.05) is 0 Å². The normalized spacial score (nSPS) is 10.5. The van der Waals surface area contributed by atoms with Crippen molar-refractivity contribution in [1.82, 2.24) is 0 Å². The van der Waals surface area contributed by atoms with Crippen LogP contribution < -0.4 is 0 Å². The first kappa shape index (κ1) is 9.59. The van der Waals surface area contributed by atoms with Crippen molar-refractivity contribution in [1.29, 1.82) is 0 Å². The van der Waals surface area contributed by atoms with Crippen molar-refractivity contribution in [3.8, 4) is 0 Å². The van der Waals surface area contributed by atoms with Crippen LogP contribution >= 0.6 is 46.0 Å². The summed E-state index contributed by atoms with van der Waals surface area (Å²) in [7, 11) is 0. The first-order valence-corrected chi connectivity index (χ1v) is 6.81. The van der Waals surface area contributed by atoms with Gasteiger partial charge in [0.05, 0.1) is 8.55 Å². The Kier molecular flexibility index (Phi) is 3.33. The zero-order chi connectivity index (χ0) is 9.10. The molecule has 2 heterocycles. The number of halogens is 1. The van der Waals surface area contributed by atoms with E-state index < -0.39 is 0 Å². The van der Waals surface area contributed by atoms with Crippen molar-refractivity contribution in [3.05, 3.63) is 38.9 Å². The van der Waals surface area contributed by atoms with Crippen LogP contribution in [0.2, 0.25) is 4.34 Å². The van der Waals surface area contributed by atoms with Crippen LogP contribution in [0.5, 0.6) is 0 Å². The van der Waals surface area contributed by atoms with Gasteiger partial charge in [-0.15, -0.1) is 34.4 Å². The number of thioether (sulfide) groups is 1. The summed E-state index contributed by atoms with van der Waals surface area (Å²) in [6, 6.07) is 8.27. The van der Waals surface area contributed by atoms with E-state index in [0.29, 0.717) is 0 Å². The van der Waals surface area contributed by atoms with Crippen molar-refractivity contribution >= 4 is 46.0 Å². The second kappa shape index (κ2) is 4.51. The molecule has 0 saturated carbocycles. The third-order valence-corrected chi connectivity index (χ3v) is 5.07. The van der Waals surface area contributed by atoms with Crippen LogP contribution in [0.4, 0.5) is 0 Å². The highest BCUT2D eigenvalue weighted by atomic mass is 35.5. The lowest BCUT2D eigenvalue weighted by molar-refractivity contribution is 1.53. The largest absolute Gasteiger partial charge is 0.137 e. The van der Waals surface area contributed by atoms with Crippen molar-refractivity contribution in [2.45, 2.75) is 9.96 Å². The minimum atomic E-state index is 0.877. The highest BCUT2D eigenvalue weighted by Crippen LogP contribution is 2.30. The van der Waals surface area contributed by atoms with Crippen LogP contribution in [0.1, 0.15) is 4.88 Å². The van der Waals surface area contributed by atoms with Gasteiger partial charge in [-0.05, 0) is 23.6 Å². The summed E-state index contributed by atoms with van der Waals surface area (Å²) in [4.78, 5) is 1.34. The third kappa shape index (κ3) is 2.74. The molecule has 0 aliphatic rings. The molecule has 0 aliphatic heterocycles. The molecule has 0 fully saturated rings. The smallest absolute Gasteiger partial charge is 0.0931 e. The van der Waals surface area contributed by atoms with Crippen molar-refractivity contribution in [3.63, 3.8) is 0 Å². The Hall–Kier alpha value is 0.0400. The fourth-order valence-electron chi connectivity index (χ4n) is 0.917. The van der Waals surface area contributed by atoms with Gasteiger partial charge >= 0.3 is 0 Å². The molecule has 0 unspecified atom stereocenters. The Labute approximate surface area is 94.6 Å². The molecule has 2 aromatic rings. The van der Waals surface area contributed by atoms with Gasteiger partial charge in [0.2, 0.25) is 0 Å². The first-order valence-electron chi connectivity index (χ1n) is 3.75. The van der Waals surface area contributed by atoms with Crippen LogP contribution in [-0.4, -0.2) is 0 Å². The average molecular weight is 247 g/mol. The van der Waals surface area contributed by atoms with Crippen molar-refractivity contribution in [2.24, 2.45) is 0 Å². The fraction of sp³-hybridized carbons (Fsp3) is 0.111. The standard InChI is InChI=1S/C9H7ClS3/c10-8-4-3-7(13-8)6-12-9-2-1-5-11-9/h1-5H,6H2. The summed E-state index contributed by atoms with van der Waals surface area (Å²) in [5, 5.41) is 2.10. The maximum Gasteiger partial charge on any atom is 0.0931 e. The molecular formula is C9H7ClS3. The molecule has 0 nitrogen and oxygen atoms in total. The Balaban J connectivity index is 1.93. The van der Waals surface area contributed by atoms with Crippen LogP contribution in [-0.2, 0) is 5.75 Å². The molecule has 0 spiro atoms. The summed E-state index contributed by atoms with van der Waals surface area (Å²) in [6.45, 7) is 0. The lowest BCUT2D eigenvalue weighted by atomic mass is 10.5. The maximum absolute atomic E-state index is 5.83. The van der Waals surface area contributed by atoms with Crippen molar-refractivity contribution < 1.29 is 0 Å². The van der Waals surface area contributed by atoms with E-state index in [1.807, 2.05) is 17.8 Å². The highest BCUT2D eigenvalue weighted by Gasteiger charge is 1.99. The maximum atomic E-state index is 5.83. The Bertz CT molecular complexity index is 364. The van der Waals surface area contributed by atoms with E-state index >= 15 is 0 Å². The van der Waals surface area contributed by atoms with Gasteiger partial charge in [0.15, 0.2) is 0 Å². The summed E-state index contributed by atoms with van der Waals surface area (Å²) in [6.07, 6.45) is 0. The zero-order valence-corrected chi connectivity index (χ0v) is 9.90. The summed E-state index contributed by atoms with van der Waals surface area (Å²) < 4.78 is 2.24. The monoisotopic (exact) mass is 246 g/mol. The van der Waals surface area contributed by atoms with E-state index in [0.717, 1.165) is 10.1 Å². The lowest BCUT2D eigenvalue weighted by Gasteiger charge is -1.93. The Morgan fingerprint density at radius 1 is 1.31 bits per heavy atom. The van der Waals surface area contributed by atoms with Gasteiger partial charge in [-0.25, -0.2) is 0 Å². The SMILES string of the molecule is Clc1ccc(CSc2cccs2)s1. The number of thiophene rings is 2. The molecule has 0 amide bonds. The van der Waals surface area contributed by atoms with Gasteiger partial charge < -0.3 is 0 Å². The van der Waals surface area contributed by atoms with Gasteiger partial charge in [0, 0.05) is 10.6 Å². The second-order valence-electron chi connectivity index (χ2n) is 2.43. The van der Waals surface area contributed by atoms with E-state index in [2.05, 4.69) is 23.6 Å². The number of hydrogen-bond acceptors (Lipinski definition) is 3. The number of rotatable bonds is 3. The van der Waals surface area contributed by atoms with Crippen LogP contribution in [0.25, 0.3) is 0 Å². The third-order valence-electron chi connectivity index (χ3n) is 1.48. The fourth-order valence-corrected chi connectivity index (χ4v) is 3.83. The Morgan fingerprint density at radius 2 is 2.23 bits per heavy atom. The van der Waals surface area contributed by atoms with Gasteiger partial charge in [-0.1, -0.05) is 17.7 Å². The van der Waals surface area contributed by atoms with Crippen LogP contribution in [0.3, 0.4) is 0 Å². The Morgan fingerprint density at radius 3 is 2.85 bits per heavy atom. The molecule has 0 aromatic carbocycles. The van der Waals surface area contributed by atoms with Gasteiger partial charge in [0.1, 0.15) is 0 Å². The lowest BCUT2D eigenvalue weighted by Crippen LogP contribution is -1.68. The quantitative estimate of drug-likeness (QED) is 0.704. The molecule has 0 aliphatic carbocycles. The van der Waals surface area contributed by atoms with Crippen LogP contribution in [0.15, 0.2) is 33.9 Å². The topological polar surface area (TPSA) is 0 Å². The molecule has 0 N–H and O–H groups in total. The molecular weight excluding hydrogens is 240 g/mol. The predicted octanol–water partition coefficient (Wildman–Crippen LogP) is 4.76. The second-order valence-corrected chi connectivity index (χ2v) is 6.45. The molecule has 0 bridgehead atoms. The molecule has 2 aromatic heterocycles. The highest BCUT2D eigenvalue weighted by molar-refractivity contribution is 8.00. The molecule has 68 valence electrons. The zero-order valence-electron chi connectivity index (χ0n) is 6.70. The van der Waals surface area contributed by atoms with E-state index in [1.54, 1.807) is 22.7 Å². The number of hydrogen-bond donors (Lipinski definition) is 0. The summed E-state index contributed by atoms with van der Waals surface area (Å²) in [5.41, 5.74) is 0. The average Bonchev–Trinajstić information content (AvgIpc) is 2.71. The summed E-state index contributed by atoms with van der Waals surface area (Å²) >= 11 is 11.1. The minimum absolute atomic E-state index is 0.877. The van der Waals surface area contributed by atoms with E-state index in [1.165, 1.54) is 9.09 Å². The van der Waals surface area contributed by atoms with E-state index in [9.17, 15) is 0 Å². The summed E-state index contributed by atoms with van der Waals surface area (Å²) in [5.74, 6) is 1.03. The first-order chi connectivity index (χ1) is 6.34. The molecule has 4 heteroatoms. The molecule has 2 rings (SSSR count). The molecule has 0 saturated heterocycles. The molecule has 0 atom stereocenters. The minimum Gasteiger partial charge on any atom is -0.137 e.